The van der Waals surface area contributed by atoms with E-state index in [9.17, 15) is 4.79 Å². The van der Waals surface area contributed by atoms with Crippen molar-refractivity contribution in [1.82, 2.24) is 4.90 Å². The quantitative estimate of drug-likeness (QED) is 0.697. The molecule has 0 amide bonds. The summed E-state index contributed by atoms with van der Waals surface area (Å²) in [6.45, 7) is 4.34. The van der Waals surface area contributed by atoms with E-state index in [0.29, 0.717) is 11.7 Å². The second-order valence-corrected chi connectivity index (χ2v) is 5.27. The van der Waals surface area contributed by atoms with Crippen molar-refractivity contribution in [2.45, 2.75) is 57.9 Å². The van der Waals surface area contributed by atoms with Crippen molar-refractivity contribution in [3.8, 4) is 0 Å². The van der Waals surface area contributed by atoms with Gasteiger partial charge < -0.3 is 0 Å². The van der Waals surface area contributed by atoms with Crippen LogP contribution in [0.3, 0.4) is 0 Å². The maximum Gasteiger partial charge on any atom is 0.153 e. The summed E-state index contributed by atoms with van der Waals surface area (Å²) in [5, 5.41) is 0. The van der Waals surface area contributed by atoms with E-state index in [4.69, 9.17) is 0 Å². The summed E-state index contributed by atoms with van der Waals surface area (Å²) in [5.74, 6) is 1.01. The molecule has 0 aromatic rings. The molecule has 2 heteroatoms. The third-order valence-corrected chi connectivity index (χ3v) is 4.04. The fourth-order valence-corrected chi connectivity index (χ4v) is 2.59. The fraction of sp³-hybridized carbons (Fsp3) is 0.923. The Hall–Kier alpha value is -0.370. The smallest absolute Gasteiger partial charge is 0.153 e. The molecular weight excluding hydrogens is 186 g/mol. The molecule has 88 valence electrons. The van der Waals surface area contributed by atoms with Crippen molar-refractivity contribution in [3.05, 3.63) is 0 Å². The molecule has 1 saturated carbocycles. The van der Waals surface area contributed by atoms with Crippen LogP contribution in [0.15, 0.2) is 0 Å². The van der Waals surface area contributed by atoms with Crippen LogP contribution in [0.2, 0.25) is 0 Å². The Morgan fingerprint density at radius 3 is 2.27 bits per heavy atom. The van der Waals surface area contributed by atoms with Gasteiger partial charge in [-0.2, -0.15) is 0 Å². The van der Waals surface area contributed by atoms with Crippen LogP contribution in [-0.2, 0) is 4.79 Å². The predicted octanol–water partition coefficient (Wildman–Crippen LogP) is 2.87. The minimum absolute atomic E-state index is 0.122. The Labute approximate surface area is 94.0 Å². The van der Waals surface area contributed by atoms with E-state index in [2.05, 4.69) is 32.8 Å². The highest BCUT2D eigenvalue weighted by atomic mass is 16.1. The van der Waals surface area contributed by atoms with E-state index in [1.165, 1.54) is 12.8 Å². The summed E-state index contributed by atoms with van der Waals surface area (Å²) >= 11 is 0. The number of carbonyl (C=O) groups excluding carboxylic acids is 1. The van der Waals surface area contributed by atoms with Crippen molar-refractivity contribution in [1.29, 1.82) is 0 Å². The summed E-state index contributed by atoms with van der Waals surface area (Å²) in [5.41, 5.74) is -0.122. The minimum atomic E-state index is -0.122. The zero-order chi connectivity index (χ0) is 11.5. The van der Waals surface area contributed by atoms with Gasteiger partial charge in [-0.05, 0) is 32.9 Å². The van der Waals surface area contributed by atoms with Gasteiger partial charge in [-0.3, -0.25) is 9.69 Å². The van der Waals surface area contributed by atoms with Gasteiger partial charge in [0.1, 0.15) is 0 Å². The Balaban J connectivity index is 2.68. The largest absolute Gasteiger partial charge is 0.298 e. The van der Waals surface area contributed by atoms with Crippen molar-refractivity contribution < 1.29 is 4.79 Å². The SMILES string of the molecule is CCC(C)CC(=O)C1(N(C)C)CCCC1. The molecule has 1 aliphatic rings. The molecule has 15 heavy (non-hydrogen) atoms. The van der Waals surface area contributed by atoms with Crippen molar-refractivity contribution in [2.24, 2.45) is 5.92 Å². The van der Waals surface area contributed by atoms with E-state index >= 15 is 0 Å². The number of Topliss-reactive ketones (excluding diaryl/α,β-unsaturated/α-hetero) is 1. The van der Waals surface area contributed by atoms with E-state index in [-0.39, 0.29) is 5.54 Å². The second-order valence-electron chi connectivity index (χ2n) is 5.27. The summed E-state index contributed by atoms with van der Waals surface area (Å²) < 4.78 is 0. The van der Waals surface area contributed by atoms with Crippen molar-refractivity contribution >= 4 is 5.78 Å². The van der Waals surface area contributed by atoms with E-state index in [0.717, 1.165) is 25.7 Å². The van der Waals surface area contributed by atoms with Gasteiger partial charge in [0.15, 0.2) is 5.78 Å². The van der Waals surface area contributed by atoms with E-state index < -0.39 is 0 Å². The Bertz CT molecular complexity index is 217. The maximum absolute atomic E-state index is 12.3. The third-order valence-electron chi connectivity index (χ3n) is 4.04. The molecule has 1 unspecified atom stereocenters. The number of hydrogen-bond donors (Lipinski definition) is 0. The summed E-state index contributed by atoms with van der Waals surface area (Å²) in [4.78, 5) is 14.5. The summed E-state index contributed by atoms with van der Waals surface area (Å²) in [6, 6.07) is 0. The first-order chi connectivity index (χ1) is 7.03. The highest BCUT2D eigenvalue weighted by Gasteiger charge is 2.42. The molecule has 0 saturated heterocycles. The molecule has 0 aromatic carbocycles. The lowest BCUT2D eigenvalue weighted by molar-refractivity contribution is -0.130. The second kappa shape index (κ2) is 5.11. The molecule has 0 bridgehead atoms. The molecule has 1 fully saturated rings. The monoisotopic (exact) mass is 211 g/mol. The lowest BCUT2D eigenvalue weighted by Gasteiger charge is -2.35. The number of hydrogen-bond acceptors (Lipinski definition) is 2. The van der Waals surface area contributed by atoms with E-state index in [1.807, 2.05) is 0 Å². The average Bonchev–Trinajstić information content (AvgIpc) is 2.67. The molecule has 1 rings (SSSR count). The van der Waals surface area contributed by atoms with Crippen LogP contribution in [0.25, 0.3) is 0 Å². The van der Waals surface area contributed by atoms with Crippen molar-refractivity contribution in [3.63, 3.8) is 0 Å². The van der Waals surface area contributed by atoms with Gasteiger partial charge in [-0.25, -0.2) is 0 Å². The molecule has 2 nitrogen and oxygen atoms in total. The first kappa shape index (κ1) is 12.7. The first-order valence-corrected chi connectivity index (χ1v) is 6.23. The Morgan fingerprint density at radius 2 is 1.87 bits per heavy atom. The first-order valence-electron chi connectivity index (χ1n) is 6.23. The van der Waals surface area contributed by atoms with Crippen LogP contribution in [0.5, 0.6) is 0 Å². The highest BCUT2D eigenvalue weighted by molar-refractivity contribution is 5.88. The maximum atomic E-state index is 12.3. The standard InChI is InChI=1S/C13H25NO/c1-5-11(2)10-12(15)13(14(3)4)8-6-7-9-13/h11H,5-10H2,1-4H3. The van der Waals surface area contributed by atoms with Crippen LogP contribution >= 0.6 is 0 Å². The zero-order valence-electron chi connectivity index (χ0n) is 10.7. The minimum Gasteiger partial charge on any atom is -0.298 e. The molecular formula is C13H25NO. The molecule has 0 heterocycles. The fourth-order valence-electron chi connectivity index (χ4n) is 2.59. The van der Waals surface area contributed by atoms with Gasteiger partial charge >= 0.3 is 0 Å². The Morgan fingerprint density at radius 1 is 1.33 bits per heavy atom. The summed E-state index contributed by atoms with van der Waals surface area (Å²) in [6.07, 6.45) is 6.42. The van der Waals surface area contributed by atoms with Gasteiger partial charge in [-0.15, -0.1) is 0 Å². The van der Waals surface area contributed by atoms with Crippen molar-refractivity contribution in [2.75, 3.05) is 14.1 Å². The van der Waals surface area contributed by atoms with Gasteiger partial charge in [0.05, 0.1) is 5.54 Å². The van der Waals surface area contributed by atoms with Crippen LogP contribution in [0, 0.1) is 5.92 Å². The molecule has 0 aliphatic heterocycles. The lowest BCUT2D eigenvalue weighted by atomic mass is 9.85. The summed E-state index contributed by atoms with van der Waals surface area (Å²) in [7, 11) is 4.11. The number of carbonyl (C=O) groups is 1. The predicted molar refractivity (Wildman–Crippen MR) is 64.0 cm³/mol. The number of ketones is 1. The zero-order valence-corrected chi connectivity index (χ0v) is 10.7. The molecule has 0 aromatic heterocycles. The highest BCUT2D eigenvalue weighted by Crippen LogP contribution is 2.36. The topological polar surface area (TPSA) is 20.3 Å². The van der Waals surface area contributed by atoms with Gasteiger partial charge in [0.25, 0.3) is 0 Å². The number of rotatable bonds is 5. The normalized spacial score (nSPS) is 21.9. The van der Waals surface area contributed by atoms with Gasteiger partial charge in [0.2, 0.25) is 0 Å². The van der Waals surface area contributed by atoms with Crippen LogP contribution in [0.1, 0.15) is 52.4 Å². The molecule has 0 radical (unpaired) electrons. The van der Waals surface area contributed by atoms with Crippen LogP contribution in [0.4, 0.5) is 0 Å². The Kier molecular flexibility index (Phi) is 4.32. The third kappa shape index (κ3) is 2.60. The lowest BCUT2D eigenvalue weighted by Crippen LogP contribution is -2.49. The number of nitrogens with zero attached hydrogens (tertiary/aromatic N) is 1. The average molecular weight is 211 g/mol. The number of likely N-dealkylation sites (N-methyl/N-ethyl adjacent to an activating group) is 1. The molecule has 1 atom stereocenters. The van der Waals surface area contributed by atoms with E-state index in [1.54, 1.807) is 0 Å². The molecule has 0 N–H and O–H groups in total. The molecule has 0 spiro atoms. The van der Waals surface area contributed by atoms with Gasteiger partial charge in [-0.1, -0.05) is 33.1 Å². The van der Waals surface area contributed by atoms with Crippen LogP contribution < -0.4 is 0 Å². The molecule has 1 aliphatic carbocycles. The van der Waals surface area contributed by atoms with Crippen LogP contribution in [-0.4, -0.2) is 30.3 Å². The van der Waals surface area contributed by atoms with Gasteiger partial charge in [0, 0.05) is 6.42 Å².